The van der Waals surface area contributed by atoms with Gasteiger partial charge in [0.1, 0.15) is 0 Å². The number of benzene rings is 2. The van der Waals surface area contributed by atoms with Crippen molar-refractivity contribution in [2.75, 3.05) is 18.4 Å². The summed E-state index contributed by atoms with van der Waals surface area (Å²) in [7, 11) is -3.78. The Morgan fingerprint density at radius 2 is 1.70 bits per heavy atom. The van der Waals surface area contributed by atoms with Gasteiger partial charge < -0.3 is 5.32 Å². The van der Waals surface area contributed by atoms with Crippen LogP contribution in [0.2, 0.25) is 5.02 Å². The fraction of sp³-hybridized carbons (Fsp3) is 0.350. The average Bonchev–Trinajstić information content (AvgIpc) is 2.68. The summed E-state index contributed by atoms with van der Waals surface area (Å²) >= 11 is 6.08. The van der Waals surface area contributed by atoms with Crippen LogP contribution in [0.15, 0.2) is 47.4 Å². The molecule has 1 fully saturated rings. The zero-order valence-electron chi connectivity index (χ0n) is 16.0. The number of carbonyl (C=O) groups is 1. The van der Waals surface area contributed by atoms with E-state index in [0.717, 1.165) is 37.1 Å². The second kappa shape index (κ2) is 8.56. The van der Waals surface area contributed by atoms with E-state index in [1.54, 1.807) is 0 Å². The minimum Gasteiger partial charge on any atom is -0.322 e. The minimum absolute atomic E-state index is 0.0330. The predicted octanol–water partition coefficient (Wildman–Crippen LogP) is 5.03. The molecule has 1 aliphatic rings. The highest BCUT2D eigenvalue weighted by molar-refractivity contribution is 7.89. The molecule has 1 N–H and O–H groups in total. The summed E-state index contributed by atoms with van der Waals surface area (Å²) in [5, 5.41) is 2.48. The molecule has 0 spiro atoms. The molecule has 5 nitrogen and oxygen atoms in total. The third kappa shape index (κ3) is 4.96. The third-order valence-corrected chi connectivity index (χ3v) is 7.26. The summed E-state index contributed by atoms with van der Waals surface area (Å²) in [6.45, 7) is 2.87. The first-order valence-corrected chi connectivity index (χ1v) is 11.1. The largest absolute Gasteiger partial charge is 0.416 e. The van der Waals surface area contributed by atoms with E-state index in [2.05, 4.69) is 12.2 Å². The normalized spacial score (nSPS) is 16.4. The molecule has 0 aromatic heterocycles. The maximum Gasteiger partial charge on any atom is 0.416 e. The van der Waals surface area contributed by atoms with Crippen LogP contribution in [-0.2, 0) is 16.2 Å². The molecule has 0 aliphatic carbocycles. The van der Waals surface area contributed by atoms with Gasteiger partial charge in [0.05, 0.1) is 21.0 Å². The van der Waals surface area contributed by atoms with E-state index >= 15 is 0 Å². The van der Waals surface area contributed by atoms with Gasteiger partial charge in [0.2, 0.25) is 10.0 Å². The summed E-state index contributed by atoms with van der Waals surface area (Å²) in [5.41, 5.74) is -0.798. The van der Waals surface area contributed by atoms with E-state index in [-0.39, 0.29) is 21.2 Å². The number of anilines is 1. The van der Waals surface area contributed by atoms with Crippen LogP contribution in [0.4, 0.5) is 18.9 Å². The summed E-state index contributed by atoms with van der Waals surface area (Å²) < 4.78 is 65.2. The van der Waals surface area contributed by atoms with Gasteiger partial charge in [-0.1, -0.05) is 18.5 Å². The Morgan fingerprint density at radius 3 is 2.27 bits per heavy atom. The van der Waals surface area contributed by atoms with Crippen molar-refractivity contribution in [3.05, 3.63) is 58.6 Å². The molecule has 0 unspecified atom stereocenters. The number of halogens is 4. The first-order valence-electron chi connectivity index (χ1n) is 9.27. The Morgan fingerprint density at radius 1 is 1.10 bits per heavy atom. The third-order valence-electron chi connectivity index (χ3n) is 5.03. The number of sulfonamides is 1. The summed E-state index contributed by atoms with van der Waals surface area (Å²) in [6, 6.07) is 7.77. The van der Waals surface area contributed by atoms with Crippen molar-refractivity contribution < 1.29 is 26.4 Å². The smallest absolute Gasteiger partial charge is 0.322 e. The summed E-state index contributed by atoms with van der Waals surface area (Å²) in [5.74, 6) is -0.268. The predicted molar refractivity (Wildman–Crippen MR) is 108 cm³/mol. The molecule has 2 aromatic rings. The van der Waals surface area contributed by atoms with Gasteiger partial charge in [0.25, 0.3) is 5.91 Å². The van der Waals surface area contributed by atoms with Crippen LogP contribution in [0.5, 0.6) is 0 Å². The van der Waals surface area contributed by atoms with Gasteiger partial charge in [-0.25, -0.2) is 8.42 Å². The number of hydrogen-bond acceptors (Lipinski definition) is 3. The molecular formula is C20H20ClF3N2O3S. The number of nitrogens with zero attached hydrogens (tertiary/aromatic N) is 1. The second-order valence-electron chi connectivity index (χ2n) is 7.26. The average molecular weight is 461 g/mol. The van der Waals surface area contributed by atoms with Crippen molar-refractivity contribution in [3.63, 3.8) is 0 Å². The van der Waals surface area contributed by atoms with E-state index in [1.807, 2.05) is 0 Å². The molecule has 0 atom stereocenters. The van der Waals surface area contributed by atoms with Crippen molar-refractivity contribution >= 4 is 33.2 Å². The first kappa shape index (κ1) is 22.6. The molecule has 162 valence electrons. The highest BCUT2D eigenvalue weighted by atomic mass is 35.5. The van der Waals surface area contributed by atoms with Crippen molar-refractivity contribution in [2.24, 2.45) is 5.92 Å². The van der Waals surface area contributed by atoms with Gasteiger partial charge in [0.15, 0.2) is 0 Å². The highest BCUT2D eigenvalue weighted by Crippen LogP contribution is 2.30. The van der Waals surface area contributed by atoms with E-state index < -0.39 is 27.7 Å². The fourth-order valence-corrected chi connectivity index (χ4v) is 4.85. The van der Waals surface area contributed by atoms with Crippen molar-refractivity contribution in [1.29, 1.82) is 0 Å². The molecule has 3 rings (SSSR count). The lowest BCUT2D eigenvalue weighted by atomic mass is 10.0. The number of amides is 1. The van der Waals surface area contributed by atoms with Crippen LogP contribution in [0.25, 0.3) is 0 Å². The van der Waals surface area contributed by atoms with Crippen molar-refractivity contribution in [1.82, 2.24) is 4.31 Å². The zero-order chi connectivity index (χ0) is 22.1. The fourth-order valence-electron chi connectivity index (χ4n) is 3.15. The van der Waals surface area contributed by atoms with Crippen LogP contribution in [0.3, 0.4) is 0 Å². The van der Waals surface area contributed by atoms with Gasteiger partial charge in [-0.2, -0.15) is 17.5 Å². The lowest BCUT2D eigenvalue weighted by Crippen LogP contribution is -2.37. The Hall–Kier alpha value is -2.10. The number of piperidine rings is 1. The van der Waals surface area contributed by atoms with E-state index in [9.17, 15) is 26.4 Å². The van der Waals surface area contributed by atoms with Crippen LogP contribution in [-0.4, -0.2) is 31.7 Å². The molecule has 1 aliphatic heterocycles. The van der Waals surface area contributed by atoms with Gasteiger partial charge >= 0.3 is 6.18 Å². The van der Waals surface area contributed by atoms with Crippen molar-refractivity contribution in [3.8, 4) is 0 Å². The maximum atomic E-state index is 12.9. The molecule has 1 heterocycles. The summed E-state index contributed by atoms with van der Waals surface area (Å²) in [6.07, 6.45) is -2.97. The zero-order valence-corrected chi connectivity index (χ0v) is 17.6. The molecule has 0 bridgehead atoms. The Kier molecular flexibility index (Phi) is 6.45. The maximum absolute atomic E-state index is 12.9. The van der Waals surface area contributed by atoms with Crippen LogP contribution in [0, 0.1) is 5.92 Å². The SMILES string of the molecule is CC1CCN(S(=O)(=O)c2ccc(Cl)c(C(=O)Nc3ccc(C(F)(F)F)cc3)c2)CC1. The number of rotatable bonds is 4. The van der Waals surface area contributed by atoms with Gasteiger partial charge in [-0.05, 0) is 61.2 Å². The quantitative estimate of drug-likeness (QED) is 0.695. The molecule has 0 saturated carbocycles. The second-order valence-corrected chi connectivity index (χ2v) is 9.60. The van der Waals surface area contributed by atoms with E-state index in [4.69, 9.17) is 11.6 Å². The Bertz CT molecular complexity index is 1030. The van der Waals surface area contributed by atoms with Gasteiger partial charge in [-0.3, -0.25) is 4.79 Å². The number of hydrogen-bond donors (Lipinski definition) is 1. The van der Waals surface area contributed by atoms with Crippen LogP contribution < -0.4 is 5.32 Å². The monoisotopic (exact) mass is 460 g/mol. The standard InChI is InChI=1S/C20H20ClF3N2O3S/c1-13-8-10-26(11-9-13)30(28,29)16-6-7-18(21)17(12-16)19(27)25-15-4-2-14(3-5-15)20(22,23)24/h2-7,12-13H,8-11H2,1H3,(H,25,27). The Labute approximate surface area is 177 Å². The summed E-state index contributed by atoms with van der Waals surface area (Å²) in [4.78, 5) is 12.5. The molecule has 10 heteroatoms. The van der Waals surface area contributed by atoms with Gasteiger partial charge in [0, 0.05) is 18.8 Å². The molecule has 1 saturated heterocycles. The number of alkyl halides is 3. The molecular weight excluding hydrogens is 441 g/mol. The molecule has 2 aromatic carbocycles. The van der Waals surface area contributed by atoms with Crippen LogP contribution >= 0.6 is 11.6 Å². The van der Waals surface area contributed by atoms with Crippen molar-refractivity contribution in [2.45, 2.75) is 30.8 Å². The van der Waals surface area contributed by atoms with E-state index in [1.165, 1.54) is 22.5 Å². The van der Waals surface area contributed by atoms with E-state index in [0.29, 0.717) is 19.0 Å². The first-order chi connectivity index (χ1) is 14.0. The Balaban J connectivity index is 1.82. The molecule has 1 amide bonds. The number of nitrogens with one attached hydrogen (secondary N) is 1. The lowest BCUT2D eigenvalue weighted by Gasteiger charge is -2.29. The van der Waals surface area contributed by atoms with Gasteiger partial charge in [-0.15, -0.1) is 0 Å². The minimum atomic E-state index is -4.49. The van der Waals surface area contributed by atoms with Crippen LogP contribution in [0.1, 0.15) is 35.7 Å². The lowest BCUT2D eigenvalue weighted by molar-refractivity contribution is -0.137. The highest BCUT2D eigenvalue weighted by Gasteiger charge is 2.31. The molecule has 0 radical (unpaired) electrons. The number of carbonyl (C=O) groups excluding carboxylic acids is 1. The molecule has 30 heavy (non-hydrogen) atoms. The topological polar surface area (TPSA) is 66.5 Å².